The third-order valence-corrected chi connectivity index (χ3v) is 3.47. The van der Waals surface area contributed by atoms with Crippen LogP contribution in [-0.2, 0) is 4.79 Å². The first-order valence-electron chi connectivity index (χ1n) is 7.07. The van der Waals surface area contributed by atoms with E-state index in [1.54, 1.807) is 23.9 Å². The summed E-state index contributed by atoms with van der Waals surface area (Å²) in [5, 5.41) is 16.2. The molecule has 2 N–H and O–H groups in total. The Morgan fingerprint density at radius 1 is 1.48 bits per heavy atom. The normalized spacial score (nSPS) is 16.1. The van der Waals surface area contributed by atoms with Crippen LogP contribution in [-0.4, -0.2) is 39.6 Å². The number of carbonyl (C=O) groups is 1. The molecule has 0 unspecified atom stereocenters. The lowest BCUT2D eigenvalue weighted by atomic mass is 10.0. The minimum Gasteiger partial charge on any atom is -0.493 e. The highest BCUT2D eigenvalue weighted by Crippen LogP contribution is 2.39. The lowest BCUT2D eigenvalue weighted by Crippen LogP contribution is -2.24. The number of allylic oxidation sites excluding steroid dienone is 1. The second-order valence-electron chi connectivity index (χ2n) is 4.80. The van der Waals surface area contributed by atoms with Crippen molar-refractivity contribution in [2.45, 2.75) is 13.0 Å². The molecule has 8 nitrogen and oxygen atoms in total. The number of aromatic nitrogens is 3. The number of benzene rings is 1. The lowest BCUT2D eigenvalue weighted by Gasteiger charge is -2.24. The Kier molecular flexibility index (Phi) is 3.88. The first kappa shape index (κ1) is 14.9. The maximum Gasteiger partial charge on any atom is 0.352 e. The molecule has 1 atom stereocenters. The predicted molar refractivity (Wildman–Crippen MR) is 81.7 cm³/mol. The van der Waals surface area contributed by atoms with Crippen molar-refractivity contribution in [1.29, 1.82) is 0 Å². The fourth-order valence-corrected chi connectivity index (χ4v) is 2.51. The van der Waals surface area contributed by atoms with E-state index in [4.69, 9.17) is 9.47 Å². The number of hydrogen-bond acceptors (Lipinski definition) is 6. The Morgan fingerprint density at radius 2 is 2.30 bits per heavy atom. The number of rotatable bonds is 5. The smallest absolute Gasteiger partial charge is 0.352 e. The van der Waals surface area contributed by atoms with Crippen LogP contribution < -0.4 is 14.8 Å². The van der Waals surface area contributed by atoms with E-state index < -0.39 is 12.0 Å². The summed E-state index contributed by atoms with van der Waals surface area (Å²) in [5.41, 5.74) is 0.791. The van der Waals surface area contributed by atoms with Crippen molar-refractivity contribution in [3.05, 3.63) is 41.9 Å². The summed E-state index contributed by atoms with van der Waals surface area (Å²) >= 11 is 0. The second kappa shape index (κ2) is 5.99. The van der Waals surface area contributed by atoms with Crippen LogP contribution in [0.3, 0.4) is 0 Å². The topological polar surface area (TPSA) is 98.5 Å². The van der Waals surface area contributed by atoms with Crippen molar-refractivity contribution in [3.63, 3.8) is 0 Å². The third-order valence-electron chi connectivity index (χ3n) is 3.47. The van der Waals surface area contributed by atoms with Crippen molar-refractivity contribution >= 4 is 11.9 Å². The summed E-state index contributed by atoms with van der Waals surface area (Å²) in [7, 11) is 1.56. The quantitative estimate of drug-likeness (QED) is 0.865. The fourth-order valence-electron chi connectivity index (χ4n) is 2.51. The van der Waals surface area contributed by atoms with Gasteiger partial charge in [-0.3, -0.25) is 0 Å². The Bertz CT molecular complexity index is 769. The standard InChI is InChI=1S/C15H16N4O4/c1-3-23-13-9(5-4-6-12(13)22-2)11-7-10(14(20)21)18-15-16-8-17-19(11)15/h4-8,11H,3H2,1-2H3,(H,20,21)(H,16,17,18)/t11-/m1/s1. The molecule has 1 aliphatic heterocycles. The molecule has 0 aliphatic carbocycles. The fraction of sp³-hybridized carbons (Fsp3) is 0.267. The Hall–Kier alpha value is -3.03. The van der Waals surface area contributed by atoms with E-state index in [0.717, 1.165) is 5.56 Å². The zero-order valence-corrected chi connectivity index (χ0v) is 12.7. The van der Waals surface area contributed by atoms with Crippen LogP contribution in [0.1, 0.15) is 18.5 Å². The number of methoxy groups -OCH3 is 1. The van der Waals surface area contributed by atoms with Gasteiger partial charge in [-0.25, -0.2) is 9.48 Å². The van der Waals surface area contributed by atoms with Gasteiger partial charge in [0.15, 0.2) is 11.5 Å². The van der Waals surface area contributed by atoms with Gasteiger partial charge in [0.05, 0.1) is 13.7 Å². The number of para-hydroxylation sites is 1. The minimum absolute atomic E-state index is 0.0424. The van der Waals surface area contributed by atoms with Crippen LogP contribution in [0.4, 0.5) is 5.95 Å². The molecule has 2 aromatic rings. The summed E-state index contributed by atoms with van der Waals surface area (Å²) in [6.45, 7) is 2.33. The summed E-state index contributed by atoms with van der Waals surface area (Å²) < 4.78 is 12.7. The van der Waals surface area contributed by atoms with E-state index >= 15 is 0 Å². The van der Waals surface area contributed by atoms with Crippen molar-refractivity contribution in [3.8, 4) is 11.5 Å². The number of nitrogens with zero attached hydrogens (tertiary/aromatic N) is 3. The lowest BCUT2D eigenvalue weighted by molar-refractivity contribution is -0.132. The molecule has 1 aromatic heterocycles. The molecule has 1 aliphatic rings. The molecule has 120 valence electrons. The van der Waals surface area contributed by atoms with Crippen LogP contribution in [0.5, 0.6) is 11.5 Å². The third kappa shape index (κ3) is 2.59. The molecule has 2 heterocycles. The van der Waals surface area contributed by atoms with Gasteiger partial charge in [-0.15, -0.1) is 0 Å². The Balaban J connectivity index is 2.16. The van der Waals surface area contributed by atoms with E-state index in [1.807, 2.05) is 19.1 Å². The second-order valence-corrected chi connectivity index (χ2v) is 4.80. The molecular weight excluding hydrogens is 300 g/mol. The van der Waals surface area contributed by atoms with Crippen LogP contribution in [0.25, 0.3) is 0 Å². The van der Waals surface area contributed by atoms with Crippen molar-refractivity contribution < 1.29 is 19.4 Å². The van der Waals surface area contributed by atoms with Crippen LogP contribution in [0.15, 0.2) is 36.3 Å². The number of nitrogens with one attached hydrogen (secondary N) is 1. The number of aliphatic carboxylic acids is 1. The van der Waals surface area contributed by atoms with Crippen molar-refractivity contribution in [2.24, 2.45) is 0 Å². The number of fused-ring (bicyclic) bond motifs is 1. The van der Waals surface area contributed by atoms with E-state index in [9.17, 15) is 9.90 Å². The predicted octanol–water partition coefficient (Wildman–Crippen LogP) is 1.67. The summed E-state index contributed by atoms with van der Waals surface area (Å²) in [6.07, 6.45) is 2.94. The molecule has 0 fully saturated rings. The average Bonchev–Trinajstić information content (AvgIpc) is 3.03. The molecule has 3 rings (SSSR count). The molecule has 0 radical (unpaired) electrons. The maximum absolute atomic E-state index is 11.4. The number of hydrogen-bond donors (Lipinski definition) is 2. The molecule has 0 saturated heterocycles. The van der Waals surface area contributed by atoms with Crippen LogP contribution >= 0.6 is 0 Å². The summed E-state index contributed by atoms with van der Waals surface area (Å²) in [6, 6.07) is 5.00. The molecule has 0 amide bonds. The molecule has 23 heavy (non-hydrogen) atoms. The zero-order chi connectivity index (χ0) is 16.4. The average molecular weight is 316 g/mol. The molecule has 1 aromatic carbocycles. The van der Waals surface area contributed by atoms with Crippen LogP contribution in [0, 0.1) is 0 Å². The molecule has 0 bridgehead atoms. The number of ether oxygens (including phenoxy) is 2. The van der Waals surface area contributed by atoms with Gasteiger partial charge < -0.3 is 19.9 Å². The van der Waals surface area contributed by atoms with Gasteiger partial charge in [-0.05, 0) is 19.1 Å². The van der Waals surface area contributed by atoms with Gasteiger partial charge in [0, 0.05) is 5.56 Å². The Morgan fingerprint density at radius 3 is 3.00 bits per heavy atom. The van der Waals surface area contributed by atoms with Crippen LogP contribution in [0.2, 0.25) is 0 Å². The molecule has 0 spiro atoms. The van der Waals surface area contributed by atoms with E-state index in [-0.39, 0.29) is 5.70 Å². The largest absolute Gasteiger partial charge is 0.493 e. The Labute approximate surface area is 132 Å². The minimum atomic E-state index is -1.06. The number of carboxylic acids is 1. The summed E-state index contributed by atoms with van der Waals surface area (Å²) in [4.78, 5) is 15.4. The molecule has 8 heteroatoms. The van der Waals surface area contributed by atoms with Gasteiger partial charge in [0.2, 0.25) is 5.95 Å². The molecular formula is C15H16N4O4. The van der Waals surface area contributed by atoms with Gasteiger partial charge in [-0.1, -0.05) is 12.1 Å². The number of carboxylic acid groups (broad SMARTS) is 1. The highest BCUT2D eigenvalue weighted by molar-refractivity contribution is 5.90. The SMILES string of the molecule is CCOc1c(OC)cccc1[C@H]1C=C(C(=O)O)Nc2ncnn21. The van der Waals surface area contributed by atoms with Crippen molar-refractivity contribution in [1.82, 2.24) is 14.8 Å². The summed E-state index contributed by atoms with van der Waals surface area (Å²) in [5.74, 6) is 0.437. The van der Waals surface area contributed by atoms with Gasteiger partial charge in [0.1, 0.15) is 18.1 Å². The molecule has 0 saturated carbocycles. The van der Waals surface area contributed by atoms with E-state index in [0.29, 0.717) is 24.1 Å². The zero-order valence-electron chi connectivity index (χ0n) is 12.7. The highest BCUT2D eigenvalue weighted by Gasteiger charge is 2.28. The van der Waals surface area contributed by atoms with E-state index in [1.165, 1.54) is 6.33 Å². The highest BCUT2D eigenvalue weighted by atomic mass is 16.5. The van der Waals surface area contributed by atoms with E-state index in [2.05, 4.69) is 15.4 Å². The number of anilines is 1. The van der Waals surface area contributed by atoms with Crippen molar-refractivity contribution in [2.75, 3.05) is 19.0 Å². The first-order chi connectivity index (χ1) is 11.2. The first-order valence-corrected chi connectivity index (χ1v) is 7.07. The van der Waals surface area contributed by atoms with Gasteiger partial charge in [-0.2, -0.15) is 10.1 Å². The monoisotopic (exact) mass is 316 g/mol. The maximum atomic E-state index is 11.4. The van der Waals surface area contributed by atoms with Gasteiger partial charge in [0.25, 0.3) is 0 Å². The van der Waals surface area contributed by atoms with Gasteiger partial charge >= 0.3 is 5.97 Å².